The Bertz CT molecular complexity index is 1100. The number of benzene rings is 2. The lowest BCUT2D eigenvalue weighted by atomic mass is 10.0. The van der Waals surface area contributed by atoms with Gasteiger partial charge in [0.1, 0.15) is 5.82 Å². The third-order valence-electron chi connectivity index (χ3n) is 7.84. The highest BCUT2D eigenvalue weighted by molar-refractivity contribution is 5.81. The van der Waals surface area contributed by atoms with E-state index in [4.69, 9.17) is 4.98 Å². The van der Waals surface area contributed by atoms with Crippen LogP contribution in [0.5, 0.6) is 0 Å². The van der Waals surface area contributed by atoms with Gasteiger partial charge in [-0.3, -0.25) is 9.36 Å². The monoisotopic (exact) mass is 516 g/mol. The molecule has 0 atom stereocenters. The van der Waals surface area contributed by atoms with Gasteiger partial charge in [-0.2, -0.15) is 0 Å². The SMILES string of the molecule is CCCCCCCCCCCCCCCCCCc1cccc2nc(CCC)n(-c3ccccc3)c(=O)c12. The Labute approximate surface area is 232 Å². The van der Waals surface area contributed by atoms with Crippen molar-refractivity contribution < 1.29 is 0 Å². The van der Waals surface area contributed by atoms with Gasteiger partial charge in [-0.05, 0) is 43.0 Å². The highest BCUT2D eigenvalue weighted by Gasteiger charge is 2.14. The first kappa shape index (κ1) is 30.1. The summed E-state index contributed by atoms with van der Waals surface area (Å²) >= 11 is 0. The lowest BCUT2D eigenvalue weighted by Crippen LogP contribution is -2.24. The van der Waals surface area contributed by atoms with Crippen LogP contribution >= 0.6 is 0 Å². The van der Waals surface area contributed by atoms with Gasteiger partial charge >= 0.3 is 0 Å². The van der Waals surface area contributed by atoms with E-state index in [1.54, 1.807) is 0 Å². The number of para-hydroxylation sites is 1. The highest BCUT2D eigenvalue weighted by Crippen LogP contribution is 2.20. The standard InChI is InChI=1S/C35H52N2O/c1-3-5-6-7-8-9-10-11-12-13-14-15-16-17-18-20-25-30-26-23-29-32-34(30)35(38)37(33(36-32)24-4-2)31-27-21-19-22-28-31/h19,21-23,26-29H,3-18,20,24-25H2,1-2H3. The van der Waals surface area contributed by atoms with Crippen molar-refractivity contribution in [3.05, 3.63) is 70.3 Å². The molecule has 3 aromatic rings. The van der Waals surface area contributed by atoms with Gasteiger partial charge in [0.05, 0.1) is 16.6 Å². The summed E-state index contributed by atoms with van der Waals surface area (Å²) in [4.78, 5) is 18.7. The van der Waals surface area contributed by atoms with Crippen molar-refractivity contribution in [2.75, 3.05) is 0 Å². The molecule has 0 unspecified atom stereocenters. The number of fused-ring (bicyclic) bond motifs is 1. The summed E-state index contributed by atoms with van der Waals surface area (Å²) in [6.07, 6.45) is 24.7. The fourth-order valence-corrected chi connectivity index (χ4v) is 5.65. The Balaban J connectivity index is 1.40. The molecule has 0 bridgehead atoms. The molecular formula is C35H52N2O. The molecule has 0 aliphatic heterocycles. The van der Waals surface area contributed by atoms with Crippen molar-refractivity contribution in [1.29, 1.82) is 0 Å². The summed E-state index contributed by atoms with van der Waals surface area (Å²) in [6, 6.07) is 16.2. The average molecular weight is 517 g/mol. The topological polar surface area (TPSA) is 34.9 Å². The zero-order chi connectivity index (χ0) is 26.8. The molecule has 38 heavy (non-hydrogen) atoms. The number of hydrogen-bond donors (Lipinski definition) is 0. The van der Waals surface area contributed by atoms with Gasteiger partial charge in [0.2, 0.25) is 0 Å². The lowest BCUT2D eigenvalue weighted by molar-refractivity contribution is 0.529. The van der Waals surface area contributed by atoms with E-state index in [0.29, 0.717) is 0 Å². The van der Waals surface area contributed by atoms with Gasteiger partial charge in [0.15, 0.2) is 0 Å². The molecule has 3 heteroatoms. The van der Waals surface area contributed by atoms with Crippen molar-refractivity contribution in [3.63, 3.8) is 0 Å². The van der Waals surface area contributed by atoms with Crippen LogP contribution in [0.4, 0.5) is 0 Å². The van der Waals surface area contributed by atoms with Crippen LogP contribution in [0.3, 0.4) is 0 Å². The van der Waals surface area contributed by atoms with Crippen molar-refractivity contribution in [3.8, 4) is 5.69 Å². The second-order valence-corrected chi connectivity index (χ2v) is 11.1. The molecule has 1 aromatic heterocycles. The first-order valence-corrected chi connectivity index (χ1v) is 15.8. The predicted molar refractivity (Wildman–Crippen MR) is 165 cm³/mol. The van der Waals surface area contributed by atoms with E-state index in [-0.39, 0.29) is 5.56 Å². The molecule has 0 aliphatic rings. The van der Waals surface area contributed by atoms with Gasteiger partial charge in [0, 0.05) is 6.42 Å². The summed E-state index contributed by atoms with van der Waals surface area (Å²) in [6.45, 7) is 4.43. The Hall–Kier alpha value is -2.42. The quantitative estimate of drug-likeness (QED) is 0.140. The maximum Gasteiger partial charge on any atom is 0.266 e. The summed E-state index contributed by atoms with van der Waals surface area (Å²) < 4.78 is 1.84. The van der Waals surface area contributed by atoms with Gasteiger partial charge in [-0.1, -0.05) is 140 Å². The van der Waals surface area contributed by atoms with Crippen molar-refractivity contribution in [2.45, 2.75) is 136 Å². The van der Waals surface area contributed by atoms with E-state index in [0.717, 1.165) is 53.7 Å². The number of nitrogens with zero attached hydrogens (tertiary/aromatic N) is 2. The van der Waals surface area contributed by atoms with Crippen LogP contribution in [0.2, 0.25) is 0 Å². The number of aryl methyl sites for hydroxylation is 2. The van der Waals surface area contributed by atoms with Crippen molar-refractivity contribution >= 4 is 10.9 Å². The Morgan fingerprint density at radius 2 is 1.13 bits per heavy atom. The summed E-state index contributed by atoms with van der Waals surface area (Å²) in [5, 5.41) is 0.803. The Morgan fingerprint density at radius 1 is 0.579 bits per heavy atom. The summed E-state index contributed by atoms with van der Waals surface area (Å²) in [7, 11) is 0. The molecule has 2 aromatic carbocycles. The Morgan fingerprint density at radius 3 is 1.68 bits per heavy atom. The lowest BCUT2D eigenvalue weighted by Gasteiger charge is -2.15. The van der Waals surface area contributed by atoms with Crippen LogP contribution in [-0.4, -0.2) is 9.55 Å². The maximum absolute atomic E-state index is 13.7. The first-order valence-electron chi connectivity index (χ1n) is 15.8. The normalized spacial score (nSPS) is 11.4. The fraction of sp³-hybridized carbons (Fsp3) is 0.600. The second kappa shape index (κ2) is 18.0. The first-order chi connectivity index (χ1) is 18.8. The van der Waals surface area contributed by atoms with Gasteiger partial charge < -0.3 is 0 Å². The third-order valence-corrected chi connectivity index (χ3v) is 7.84. The zero-order valence-electron chi connectivity index (χ0n) is 24.4. The van der Waals surface area contributed by atoms with E-state index < -0.39 is 0 Å². The van der Waals surface area contributed by atoms with E-state index in [9.17, 15) is 4.79 Å². The second-order valence-electron chi connectivity index (χ2n) is 11.1. The minimum Gasteiger partial charge on any atom is -0.268 e. The van der Waals surface area contributed by atoms with Crippen LogP contribution in [-0.2, 0) is 12.8 Å². The molecule has 0 fully saturated rings. The molecule has 0 radical (unpaired) electrons. The van der Waals surface area contributed by atoms with Gasteiger partial charge in [0.25, 0.3) is 5.56 Å². The molecule has 208 valence electrons. The van der Waals surface area contributed by atoms with Crippen LogP contribution in [0, 0.1) is 0 Å². The fourth-order valence-electron chi connectivity index (χ4n) is 5.65. The Kier molecular flexibility index (Phi) is 14.2. The summed E-state index contributed by atoms with van der Waals surface area (Å²) in [5.41, 5.74) is 2.99. The average Bonchev–Trinajstić information content (AvgIpc) is 2.93. The van der Waals surface area contributed by atoms with E-state index in [1.165, 1.54) is 96.3 Å². The van der Waals surface area contributed by atoms with Gasteiger partial charge in [-0.25, -0.2) is 4.98 Å². The number of rotatable bonds is 20. The van der Waals surface area contributed by atoms with Crippen molar-refractivity contribution in [1.82, 2.24) is 9.55 Å². The smallest absolute Gasteiger partial charge is 0.266 e. The third kappa shape index (κ3) is 9.71. The number of hydrogen-bond acceptors (Lipinski definition) is 2. The summed E-state index contributed by atoms with van der Waals surface area (Å²) in [5.74, 6) is 0.857. The van der Waals surface area contributed by atoms with E-state index in [1.807, 2.05) is 41.0 Å². The largest absolute Gasteiger partial charge is 0.268 e. The van der Waals surface area contributed by atoms with E-state index >= 15 is 0 Å². The minimum atomic E-state index is 0.0803. The molecule has 0 saturated carbocycles. The zero-order valence-corrected chi connectivity index (χ0v) is 24.4. The molecule has 0 saturated heterocycles. The van der Waals surface area contributed by atoms with Crippen LogP contribution < -0.4 is 5.56 Å². The van der Waals surface area contributed by atoms with Gasteiger partial charge in [-0.15, -0.1) is 0 Å². The molecule has 0 aliphatic carbocycles. The van der Waals surface area contributed by atoms with Crippen LogP contribution in [0.25, 0.3) is 16.6 Å². The number of aromatic nitrogens is 2. The maximum atomic E-state index is 13.7. The van der Waals surface area contributed by atoms with Crippen molar-refractivity contribution in [2.24, 2.45) is 0 Å². The minimum absolute atomic E-state index is 0.0803. The predicted octanol–water partition coefficient (Wildman–Crippen LogP) is 10.1. The molecule has 3 nitrogen and oxygen atoms in total. The molecule has 3 rings (SSSR count). The molecule has 0 spiro atoms. The van der Waals surface area contributed by atoms with Crippen LogP contribution in [0.1, 0.15) is 134 Å². The highest BCUT2D eigenvalue weighted by atomic mass is 16.1. The van der Waals surface area contributed by atoms with Crippen LogP contribution in [0.15, 0.2) is 53.3 Å². The number of unbranched alkanes of at least 4 members (excludes halogenated alkanes) is 15. The molecule has 1 heterocycles. The molecule has 0 N–H and O–H groups in total. The molecule has 0 amide bonds. The molecular weight excluding hydrogens is 464 g/mol. The van der Waals surface area contributed by atoms with E-state index in [2.05, 4.69) is 26.0 Å².